The van der Waals surface area contributed by atoms with Gasteiger partial charge in [0.2, 0.25) is 0 Å². The Bertz CT molecular complexity index is 361. The molecule has 1 aromatic rings. The monoisotopic (exact) mass is 229 g/mol. The molecule has 1 aliphatic heterocycles. The van der Waals surface area contributed by atoms with Crippen molar-refractivity contribution in [2.75, 3.05) is 13.1 Å². The van der Waals surface area contributed by atoms with Crippen molar-refractivity contribution >= 4 is 0 Å². The SMILES string of the molecule is CC1(c2ccc(C(F)(F)F)cc2)CCNC1. The Hall–Kier alpha value is -1.03. The summed E-state index contributed by atoms with van der Waals surface area (Å²) in [7, 11) is 0. The topological polar surface area (TPSA) is 12.0 Å². The molecule has 1 atom stereocenters. The van der Waals surface area contributed by atoms with E-state index < -0.39 is 11.7 Å². The minimum Gasteiger partial charge on any atom is -0.316 e. The Balaban J connectivity index is 2.26. The zero-order chi connectivity index (χ0) is 11.8. The van der Waals surface area contributed by atoms with Gasteiger partial charge in [0.15, 0.2) is 0 Å². The van der Waals surface area contributed by atoms with E-state index >= 15 is 0 Å². The maximum atomic E-state index is 12.4. The van der Waals surface area contributed by atoms with Gasteiger partial charge in [0.05, 0.1) is 5.56 Å². The molecule has 2 rings (SSSR count). The van der Waals surface area contributed by atoms with E-state index in [4.69, 9.17) is 0 Å². The van der Waals surface area contributed by atoms with E-state index in [0.29, 0.717) is 0 Å². The van der Waals surface area contributed by atoms with E-state index in [1.807, 2.05) is 0 Å². The van der Waals surface area contributed by atoms with E-state index in [0.717, 1.165) is 25.1 Å². The predicted octanol–water partition coefficient (Wildman–Crippen LogP) is 2.96. The predicted molar refractivity (Wildman–Crippen MR) is 56.3 cm³/mol. The largest absolute Gasteiger partial charge is 0.416 e. The van der Waals surface area contributed by atoms with E-state index in [1.54, 1.807) is 12.1 Å². The third-order valence-corrected chi connectivity index (χ3v) is 3.28. The minimum atomic E-state index is -4.24. The second-order valence-electron chi connectivity index (χ2n) is 4.56. The fourth-order valence-electron chi connectivity index (χ4n) is 2.12. The third-order valence-electron chi connectivity index (χ3n) is 3.28. The number of hydrogen-bond donors (Lipinski definition) is 1. The fourth-order valence-corrected chi connectivity index (χ4v) is 2.12. The van der Waals surface area contributed by atoms with Crippen molar-refractivity contribution in [2.24, 2.45) is 0 Å². The molecule has 1 saturated heterocycles. The van der Waals surface area contributed by atoms with Crippen LogP contribution in [0, 0.1) is 0 Å². The molecule has 1 unspecified atom stereocenters. The maximum Gasteiger partial charge on any atom is 0.416 e. The first-order valence-electron chi connectivity index (χ1n) is 5.30. The van der Waals surface area contributed by atoms with Gasteiger partial charge in [-0.15, -0.1) is 0 Å². The number of benzene rings is 1. The summed E-state index contributed by atoms with van der Waals surface area (Å²) >= 11 is 0. The number of hydrogen-bond acceptors (Lipinski definition) is 1. The van der Waals surface area contributed by atoms with Crippen LogP contribution in [-0.4, -0.2) is 13.1 Å². The van der Waals surface area contributed by atoms with E-state index in [2.05, 4.69) is 12.2 Å². The first-order valence-corrected chi connectivity index (χ1v) is 5.30. The minimum absolute atomic E-state index is 0.0237. The molecule has 0 aliphatic carbocycles. The highest BCUT2D eigenvalue weighted by Crippen LogP contribution is 2.33. The van der Waals surface area contributed by atoms with Crippen LogP contribution < -0.4 is 5.32 Å². The number of nitrogens with one attached hydrogen (secondary N) is 1. The van der Waals surface area contributed by atoms with Crippen molar-refractivity contribution in [3.8, 4) is 0 Å². The van der Waals surface area contributed by atoms with Crippen LogP contribution in [0.2, 0.25) is 0 Å². The average molecular weight is 229 g/mol. The van der Waals surface area contributed by atoms with E-state index in [-0.39, 0.29) is 5.41 Å². The highest BCUT2D eigenvalue weighted by atomic mass is 19.4. The number of alkyl halides is 3. The van der Waals surface area contributed by atoms with Crippen LogP contribution >= 0.6 is 0 Å². The molecule has 0 aromatic heterocycles. The van der Waals surface area contributed by atoms with Crippen molar-refractivity contribution in [1.82, 2.24) is 5.32 Å². The molecule has 1 nitrogen and oxygen atoms in total. The van der Waals surface area contributed by atoms with Gasteiger partial charge in [0.25, 0.3) is 0 Å². The molecule has 1 aromatic carbocycles. The van der Waals surface area contributed by atoms with Gasteiger partial charge in [0, 0.05) is 12.0 Å². The van der Waals surface area contributed by atoms with Crippen LogP contribution in [0.4, 0.5) is 13.2 Å². The molecule has 1 aliphatic rings. The molecule has 0 bridgehead atoms. The molecule has 1 fully saturated rings. The lowest BCUT2D eigenvalue weighted by molar-refractivity contribution is -0.137. The highest BCUT2D eigenvalue weighted by molar-refractivity contribution is 5.31. The lowest BCUT2D eigenvalue weighted by atomic mass is 9.81. The summed E-state index contributed by atoms with van der Waals surface area (Å²) in [6.45, 7) is 3.84. The van der Waals surface area contributed by atoms with E-state index in [9.17, 15) is 13.2 Å². The van der Waals surface area contributed by atoms with Crippen LogP contribution in [-0.2, 0) is 11.6 Å². The summed E-state index contributed by atoms with van der Waals surface area (Å²) in [5.74, 6) is 0. The van der Waals surface area contributed by atoms with E-state index in [1.165, 1.54) is 12.1 Å². The Morgan fingerprint density at radius 3 is 2.25 bits per heavy atom. The van der Waals surface area contributed by atoms with Crippen LogP contribution in [0.3, 0.4) is 0 Å². The smallest absolute Gasteiger partial charge is 0.316 e. The summed E-state index contributed by atoms with van der Waals surface area (Å²) < 4.78 is 37.1. The molecule has 0 amide bonds. The summed E-state index contributed by atoms with van der Waals surface area (Å²) in [5.41, 5.74) is 0.376. The Morgan fingerprint density at radius 1 is 1.19 bits per heavy atom. The molecular weight excluding hydrogens is 215 g/mol. The zero-order valence-corrected chi connectivity index (χ0v) is 9.06. The normalized spacial score (nSPS) is 26.0. The van der Waals surface area contributed by atoms with Crippen molar-refractivity contribution < 1.29 is 13.2 Å². The molecule has 88 valence electrons. The molecule has 0 spiro atoms. The van der Waals surface area contributed by atoms with Gasteiger partial charge in [-0.05, 0) is 30.7 Å². The summed E-state index contributed by atoms with van der Waals surface area (Å²) in [5, 5.41) is 3.23. The van der Waals surface area contributed by atoms with Gasteiger partial charge in [-0.2, -0.15) is 13.2 Å². The van der Waals surface area contributed by atoms with Gasteiger partial charge in [-0.25, -0.2) is 0 Å². The van der Waals surface area contributed by atoms with Crippen molar-refractivity contribution in [3.05, 3.63) is 35.4 Å². The van der Waals surface area contributed by atoms with Crippen molar-refractivity contribution in [2.45, 2.75) is 24.9 Å². The highest BCUT2D eigenvalue weighted by Gasteiger charge is 2.33. The number of halogens is 3. The molecule has 0 radical (unpaired) electrons. The second-order valence-corrected chi connectivity index (χ2v) is 4.56. The molecular formula is C12H14F3N. The van der Waals surface area contributed by atoms with Gasteiger partial charge in [-0.3, -0.25) is 0 Å². The quantitative estimate of drug-likeness (QED) is 0.780. The van der Waals surface area contributed by atoms with Gasteiger partial charge >= 0.3 is 6.18 Å². The summed E-state index contributed by atoms with van der Waals surface area (Å²) in [6.07, 6.45) is -3.27. The van der Waals surface area contributed by atoms with Gasteiger partial charge in [-0.1, -0.05) is 19.1 Å². The third kappa shape index (κ3) is 2.07. The van der Waals surface area contributed by atoms with Gasteiger partial charge < -0.3 is 5.32 Å². The van der Waals surface area contributed by atoms with Crippen LogP contribution in [0.1, 0.15) is 24.5 Å². The Morgan fingerprint density at radius 2 is 1.81 bits per heavy atom. The molecule has 16 heavy (non-hydrogen) atoms. The molecule has 0 saturated carbocycles. The number of rotatable bonds is 1. The van der Waals surface area contributed by atoms with Gasteiger partial charge in [0.1, 0.15) is 0 Å². The average Bonchev–Trinajstić information content (AvgIpc) is 2.66. The summed E-state index contributed by atoms with van der Waals surface area (Å²) in [4.78, 5) is 0. The van der Waals surface area contributed by atoms with Crippen molar-refractivity contribution in [3.63, 3.8) is 0 Å². The molecule has 1 N–H and O–H groups in total. The Kier molecular flexibility index (Phi) is 2.70. The van der Waals surface area contributed by atoms with Crippen LogP contribution in [0.15, 0.2) is 24.3 Å². The second kappa shape index (κ2) is 3.77. The van der Waals surface area contributed by atoms with Crippen LogP contribution in [0.5, 0.6) is 0 Å². The lowest BCUT2D eigenvalue weighted by Crippen LogP contribution is -2.24. The molecule has 1 heterocycles. The van der Waals surface area contributed by atoms with Crippen molar-refractivity contribution in [1.29, 1.82) is 0 Å². The fraction of sp³-hybridized carbons (Fsp3) is 0.500. The zero-order valence-electron chi connectivity index (χ0n) is 9.06. The Labute approximate surface area is 92.7 Å². The maximum absolute atomic E-state index is 12.4. The standard InChI is InChI=1S/C12H14F3N/c1-11(6-7-16-8-11)9-2-4-10(5-3-9)12(13,14)15/h2-5,16H,6-8H2,1H3. The molecule has 4 heteroatoms. The first-order chi connectivity index (χ1) is 7.42. The first kappa shape index (κ1) is 11.5. The summed E-state index contributed by atoms with van der Waals surface area (Å²) in [6, 6.07) is 5.52. The lowest BCUT2D eigenvalue weighted by Gasteiger charge is -2.23. The van der Waals surface area contributed by atoms with Crippen LogP contribution in [0.25, 0.3) is 0 Å².